The van der Waals surface area contributed by atoms with E-state index >= 15 is 0 Å². The van der Waals surface area contributed by atoms with E-state index in [-0.39, 0.29) is 7.33 Å². The van der Waals surface area contributed by atoms with Crippen LogP contribution in [0.4, 0.5) is 11.5 Å². The summed E-state index contributed by atoms with van der Waals surface area (Å²) in [6.45, 7) is 4.83. The van der Waals surface area contributed by atoms with Gasteiger partial charge in [0.2, 0.25) is 0 Å². The maximum atomic E-state index is 12.8. The van der Waals surface area contributed by atoms with Crippen molar-refractivity contribution in [2.24, 2.45) is 0 Å². The number of benzene rings is 1. The zero-order chi connectivity index (χ0) is 20.8. The van der Waals surface area contributed by atoms with Gasteiger partial charge >= 0.3 is 0 Å². The van der Waals surface area contributed by atoms with Crippen LogP contribution in [0.5, 0.6) is 5.75 Å². The number of hydrogen-bond acceptors (Lipinski definition) is 5. The third kappa shape index (κ3) is 5.26. The van der Waals surface area contributed by atoms with Crippen LogP contribution in [0.15, 0.2) is 42.6 Å². The lowest BCUT2D eigenvalue weighted by Crippen LogP contribution is -2.31. The van der Waals surface area contributed by atoms with Crippen LogP contribution in [-0.2, 0) is 0 Å². The molecule has 0 N–H and O–H groups in total. The molecule has 158 valence electrons. The van der Waals surface area contributed by atoms with Crippen molar-refractivity contribution in [2.75, 3.05) is 50.6 Å². The minimum absolute atomic E-state index is 0. The monoisotopic (exact) mass is 398 g/mol. The van der Waals surface area contributed by atoms with E-state index in [1.54, 1.807) is 18.1 Å². The van der Waals surface area contributed by atoms with Crippen molar-refractivity contribution in [3.63, 3.8) is 0 Å². The molecule has 3 rings (SSSR count). The van der Waals surface area contributed by atoms with Gasteiger partial charge in [0.1, 0.15) is 11.6 Å². The predicted molar refractivity (Wildman–Crippen MR) is 120 cm³/mol. The first-order valence-corrected chi connectivity index (χ1v) is 10.4. The third-order valence-electron chi connectivity index (χ3n) is 5.51. The van der Waals surface area contributed by atoms with Crippen LogP contribution in [0.1, 0.15) is 38.0 Å². The number of likely N-dealkylation sites (N-methyl/N-ethyl adjacent to an activating group) is 1. The van der Waals surface area contributed by atoms with Crippen molar-refractivity contribution in [3.8, 4) is 5.75 Å². The third-order valence-corrected chi connectivity index (χ3v) is 5.51. The lowest BCUT2D eigenvalue weighted by molar-refractivity contribution is 0.0993. The van der Waals surface area contributed by atoms with Gasteiger partial charge in [-0.3, -0.25) is 4.79 Å². The highest BCUT2D eigenvalue weighted by Crippen LogP contribution is 2.23. The van der Waals surface area contributed by atoms with E-state index in [9.17, 15) is 4.79 Å². The zero-order valence-corrected chi connectivity index (χ0v) is 18.0. The molecule has 1 amide bonds. The fourth-order valence-corrected chi connectivity index (χ4v) is 3.47. The number of unbranched alkanes of at least 4 members (excludes halogenated alkanes) is 1. The van der Waals surface area contributed by atoms with E-state index in [1.165, 1.54) is 0 Å². The topological polar surface area (TPSA) is 48.9 Å². The van der Waals surface area contributed by atoms with E-state index in [0.717, 1.165) is 49.6 Å². The summed E-state index contributed by atoms with van der Waals surface area (Å²) < 4.78 is 5.67. The number of amides is 1. The van der Waals surface area contributed by atoms with Crippen molar-refractivity contribution in [2.45, 2.75) is 32.2 Å². The van der Waals surface area contributed by atoms with Gasteiger partial charge in [-0.15, -0.1) is 0 Å². The first-order valence-electron chi connectivity index (χ1n) is 10.4. The van der Waals surface area contributed by atoms with Crippen LogP contribution in [0, 0.1) is 0 Å². The van der Waals surface area contributed by atoms with Crippen molar-refractivity contribution < 1.29 is 11.0 Å². The number of aromatic nitrogens is 1. The van der Waals surface area contributed by atoms with Gasteiger partial charge in [0.25, 0.3) is 5.91 Å². The molecule has 6 heteroatoms. The van der Waals surface area contributed by atoms with Crippen LogP contribution >= 0.6 is 0 Å². The second-order valence-corrected chi connectivity index (χ2v) is 7.82. The Labute approximate surface area is 175 Å². The normalized spacial score (nSPS) is 16.3. The molecule has 0 aliphatic carbocycles. The molecule has 6 nitrogen and oxygen atoms in total. The second kappa shape index (κ2) is 9.74. The molecule has 1 unspecified atom stereocenters. The van der Waals surface area contributed by atoms with Crippen LogP contribution in [0.3, 0.4) is 0 Å². The van der Waals surface area contributed by atoms with Gasteiger partial charge in [-0.2, -0.15) is 0 Å². The molecule has 1 aliphatic rings. The predicted octanol–water partition coefficient (Wildman–Crippen LogP) is 3.92. The van der Waals surface area contributed by atoms with Crippen LogP contribution in [-0.4, -0.2) is 62.7 Å². The summed E-state index contributed by atoms with van der Waals surface area (Å²) >= 11 is 0. The number of rotatable bonds is 8. The molecule has 1 fully saturated rings. The number of carbonyl (C=O) groups excluding carboxylic acids is 1. The highest BCUT2D eigenvalue weighted by atomic mass is 16.5. The Balaban J connectivity index is 0.00000320. The molecule has 0 radical (unpaired) electrons. The molecule has 0 spiro atoms. The van der Waals surface area contributed by atoms with E-state index < -0.39 is 0 Å². The first kappa shape index (κ1) is 21.1. The molecular formula is C23H34N4O2. The summed E-state index contributed by atoms with van der Waals surface area (Å²) in [6, 6.07) is 11.9. The van der Waals surface area contributed by atoms with E-state index in [2.05, 4.69) is 35.8 Å². The number of carbonyl (C=O) groups is 1. The highest BCUT2D eigenvalue weighted by Gasteiger charge is 2.25. The molecule has 2 heterocycles. The minimum atomic E-state index is -0.0616. The number of pyridine rings is 1. The summed E-state index contributed by atoms with van der Waals surface area (Å²) in [4.78, 5) is 23.6. The molecule has 0 bridgehead atoms. The summed E-state index contributed by atoms with van der Waals surface area (Å²) in [7, 11) is 6.02. The van der Waals surface area contributed by atoms with Gasteiger partial charge in [-0.05, 0) is 63.3 Å². The van der Waals surface area contributed by atoms with E-state index in [1.807, 2.05) is 36.4 Å². The molecule has 29 heavy (non-hydrogen) atoms. The largest absolute Gasteiger partial charge is 0.494 e. The van der Waals surface area contributed by atoms with Crippen molar-refractivity contribution in [1.82, 2.24) is 9.88 Å². The van der Waals surface area contributed by atoms with Gasteiger partial charge < -0.3 is 19.4 Å². The Bertz CT molecular complexity index is 796. The maximum absolute atomic E-state index is 12.8. The molecule has 1 aromatic heterocycles. The molecule has 1 aliphatic heterocycles. The molecule has 1 atom stereocenters. The lowest BCUT2D eigenvalue weighted by atomic mass is 10.2. The quantitative estimate of drug-likeness (QED) is 0.631. The lowest BCUT2D eigenvalue weighted by Gasteiger charge is -2.22. The minimum Gasteiger partial charge on any atom is -0.494 e. The molecule has 1 saturated heterocycles. The number of anilines is 2. The summed E-state index contributed by atoms with van der Waals surface area (Å²) in [5.74, 6) is 1.70. The van der Waals surface area contributed by atoms with Crippen molar-refractivity contribution >= 4 is 17.4 Å². The summed E-state index contributed by atoms with van der Waals surface area (Å²) in [6.07, 6.45) is 5.05. The van der Waals surface area contributed by atoms with Crippen LogP contribution < -0.4 is 14.5 Å². The van der Waals surface area contributed by atoms with Crippen LogP contribution in [0.2, 0.25) is 0 Å². The highest BCUT2D eigenvalue weighted by molar-refractivity contribution is 6.05. The Morgan fingerprint density at radius 1 is 1.21 bits per heavy atom. The average Bonchev–Trinajstić information content (AvgIpc) is 3.24. The smallest absolute Gasteiger partial charge is 0.258 e. The Kier molecular flexibility index (Phi) is 7.09. The van der Waals surface area contributed by atoms with E-state index in [0.29, 0.717) is 18.2 Å². The molecule has 0 saturated carbocycles. The number of ether oxygens (including phenoxy) is 1. The summed E-state index contributed by atoms with van der Waals surface area (Å²) in [5, 5.41) is 0. The number of hydrogen-bond donors (Lipinski definition) is 0. The Morgan fingerprint density at radius 3 is 2.55 bits per heavy atom. The van der Waals surface area contributed by atoms with Gasteiger partial charge in [-0.25, -0.2) is 4.98 Å². The fraction of sp³-hybridized carbons (Fsp3) is 0.478. The van der Waals surface area contributed by atoms with Crippen LogP contribution in [0.25, 0.3) is 0 Å². The fourth-order valence-electron chi connectivity index (χ4n) is 3.47. The summed E-state index contributed by atoms with van der Waals surface area (Å²) in [5.41, 5.74) is 1.41. The maximum Gasteiger partial charge on any atom is 0.258 e. The standard InChI is InChI=1S/C23H32N4O2.H2/c1-5-6-15-29-21-10-7-18(8-11-21)23(28)26(4)19-9-12-22(24-16-19)27-14-13-20(17-27)25(2)3;/h7-12,16,20H,5-6,13-15,17H2,1-4H3;1H. The van der Waals surface area contributed by atoms with Gasteiger partial charge in [0.15, 0.2) is 0 Å². The SMILES string of the molecule is CCCCOc1ccc(C(=O)N(C)c2ccc(N3CCC(N(C)C)C3)nc2)cc1.[HH]. The second-order valence-electron chi connectivity index (χ2n) is 7.82. The molecule has 2 aromatic rings. The Hall–Kier alpha value is -2.60. The molecular weight excluding hydrogens is 364 g/mol. The first-order chi connectivity index (χ1) is 14.0. The van der Waals surface area contributed by atoms with E-state index in [4.69, 9.17) is 4.74 Å². The van der Waals surface area contributed by atoms with Gasteiger partial charge in [-0.1, -0.05) is 13.3 Å². The van der Waals surface area contributed by atoms with Gasteiger partial charge in [0.05, 0.1) is 18.5 Å². The van der Waals surface area contributed by atoms with Crippen molar-refractivity contribution in [1.29, 1.82) is 0 Å². The average molecular weight is 399 g/mol. The number of nitrogens with zero attached hydrogens (tertiary/aromatic N) is 4. The molecule has 1 aromatic carbocycles. The van der Waals surface area contributed by atoms with Crippen molar-refractivity contribution in [3.05, 3.63) is 48.2 Å². The van der Waals surface area contributed by atoms with Gasteiger partial charge in [0, 0.05) is 33.2 Å². The zero-order valence-electron chi connectivity index (χ0n) is 18.0. The Morgan fingerprint density at radius 2 is 1.97 bits per heavy atom.